The average molecular weight is 270 g/mol. The lowest BCUT2D eigenvalue weighted by Crippen LogP contribution is -2.44. The summed E-state index contributed by atoms with van der Waals surface area (Å²) in [5.74, 6) is -0.419. The maximum Gasteiger partial charge on any atom is 0.315 e. The van der Waals surface area contributed by atoms with Crippen LogP contribution in [-0.2, 0) is 4.79 Å². The van der Waals surface area contributed by atoms with E-state index >= 15 is 0 Å². The molecular formula is C14H26N2O3. The third-order valence-corrected chi connectivity index (χ3v) is 3.67. The lowest BCUT2D eigenvalue weighted by molar-refractivity contribution is -0.141. The van der Waals surface area contributed by atoms with E-state index in [-0.39, 0.29) is 24.0 Å². The van der Waals surface area contributed by atoms with Gasteiger partial charge in [-0.15, -0.1) is 0 Å². The van der Waals surface area contributed by atoms with Crippen molar-refractivity contribution < 1.29 is 14.7 Å². The summed E-state index contributed by atoms with van der Waals surface area (Å²) in [7, 11) is 0. The summed E-state index contributed by atoms with van der Waals surface area (Å²) in [4.78, 5) is 22.6. The normalized spacial score (nSPS) is 24.2. The predicted molar refractivity (Wildman–Crippen MR) is 74.0 cm³/mol. The lowest BCUT2D eigenvalue weighted by atomic mass is 10.0. The van der Waals surface area contributed by atoms with Crippen molar-refractivity contribution in [1.29, 1.82) is 0 Å². The number of aliphatic carboxylic acids is 1. The highest BCUT2D eigenvalue weighted by Gasteiger charge is 2.30. The molecule has 3 N–H and O–H groups in total. The Balaban J connectivity index is 2.23. The fourth-order valence-corrected chi connectivity index (χ4v) is 2.44. The third-order valence-electron chi connectivity index (χ3n) is 3.67. The number of hydrogen-bond donors (Lipinski definition) is 3. The molecule has 0 spiro atoms. The molecule has 19 heavy (non-hydrogen) atoms. The van der Waals surface area contributed by atoms with Crippen molar-refractivity contribution in [3.8, 4) is 0 Å². The maximum atomic E-state index is 11.8. The first-order valence-corrected chi connectivity index (χ1v) is 7.18. The molecule has 0 bridgehead atoms. The van der Waals surface area contributed by atoms with Crippen LogP contribution in [0.25, 0.3) is 0 Å². The first-order valence-electron chi connectivity index (χ1n) is 7.18. The van der Waals surface area contributed by atoms with E-state index in [4.69, 9.17) is 5.11 Å². The van der Waals surface area contributed by atoms with Gasteiger partial charge in [0.05, 0.1) is 5.92 Å². The number of carboxylic acids is 1. The molecule has 5 heteroatoms. The Hall–Kier alpha value is -1.26. The predicted octanol–water partition coefficient (Wildman–Crippen LogP) is 2.36. The van der Waals surface area contributed by atoms with Crippen molar-refractivity contribution in [2.24, 2.45) is 11.8 Å². The Labute approximate surface area is 115 Å². The molecule has 0 aromatic carbocycles. The van der Waals surface area contributed by atoms with Gasteiger partial charge in [0.15, 0.2) is 0 Å². The summed E-state index contributed by atoms with van der Waals surface area (Å²) < 4.78 is 0. The minimum atomic E-state index is -0.755. The molecule has 110 valence electrons. The SMILES string of the molecule is CC(C)CCC(C)NC(=O)N[C@H]1CC[C@@H](C(=O)O)C1. The third kappa shape index (κ3) is 5.94. The van der Waals surface area contributed by atoms with Gasteiger partial charge in [0.1, 0.15) is 0 Å². The van der Waals surface area contributed by atoms with Gasteiger partial charge in [-0.3, -0.25) is 4.79 Å². The molecule has 0 aliphatic heterocycles. The topological polar surface area (TPSA) is 78.4 Å². The zero-order valence-electron chi connectivity index (χ0n) is 12.1. The van der Waals surface area contributed by atoms with Crippen molar-refractivity contribution in [2.75, 3.05) is 0 Å². The first kappa shape index (κ1) is 15.8. The Morgan fingerprint density at radius 1 is 1.21 bits per heavy atom. The second-order valence-corrected chi connectivity index (χ2v) is 6.04. The molecule has 1 unspecified atom stereocenters. The Bertz CT molecular complexity index is 318. The Morgan fingerprint density at radius 2 is 1.89 bits per heavy atom. The van der Waals surface area contributed by atoms with Gasteiger partial charge in [0, 0.05) is 12.1 Å². The van der Waals surface area contributed by atoms with Crippen LogP contribution < -0.4 is 10.6 Å². The second kappa shape index (κ2) is 7.36. The van der Waals surface area contributed by atoms with Gasteiger partial charge in [-0.25, -0.2) is 4.79 Å². The number of carboxylic acid groups (broad SMARTS) is 1. The van der Waals surface area contributed by atoms with Crippen molar-refractivity contribution in [2.45, 2.75) is 65.0 Å². The fourth-order valence-electron chi connectivity index (χ4n) is 2.44. The number of urea groups is 1. The number of carbonyl (C=O) groups is 2. The number of carbonyl (C=O) groups excluding carboxylic acids is 1. The molecule has 1 fully saturated rings. The van der Waals surface area contributed by atoms with Crippen LogP contribution in [0.15, 0.2) is 0 Å². The van der Waals surface area contributed by atoms with Crippen LogP contribution in [0.4, 0.5) is 4.79 Å². The van der Waals surface area contributed by atoms with E-state index in [1.54, 1.807) is 0 Å². The molecule has 1 aliphatic rings. The van der Waals surface area contributed by atoms with Crippen LogP contribution in [-0.4, -0.2) is 29.2 Å². The van der Waals surface area contributed by atoms with Crippen molar-refractivity contribution in [3.05, 3.63) is 0 Å². The summed E-state index contributed by atoms with van der Waals surface area (Å²) in [5, 5.41) is 14.7. The minimum absolute atomic E-state index is 0.00148. The van der Waals surface area contributed by atoms with Gasteiger partial charge in [-0.1, -0.05) is 13.8 Å². The number of hydrogen-bond acceptors (Lipinski definition) is 2. The summed E-state index contributed by atoms with van der Waals surface area (Å²) in [5.41, 5.74) is 0. The van der Waals surface area contributed by atoms with Crippen molar-refractivity contribution >= 4 is 12.0 Å². The van der Waals surface area contributed by atoms with Crippen molar-refractivity contribution in [3.63, 3.8) is 0 Å². The van der Waals surface area contributed by atoms with E-state index in [9.17, 15) is 9.59 Å². The molecule has 1 saturated carbocycles. The van der Waals surface area contributed by atoms with E-state index in [2.05, 4.69) is 24.5 Å². The largest absolute Gasteiger partial charge is 0.481 e. The maximum absolute atomic E-state index is 11.8. The van der Waals surface area contributed by atoms with E-state index < -0.39 is 5.97 Å². The monoisotopic (exact) mass is 270 g/mol. The Kier molecular flexibility index (Phi) is 6.12. The summed E-state index contributed by atoms with van der Waals surface area (Å²) in [6.07, 6.45) is 4.01. The molecule has 0 heterocycles. The standard InChI is InChI=1S/C14H26N2O3/c1-9(2)4-5-10(3)15-14(19)16-12-7-6-11(8-12)13(17)18/h9-12H,4-8H2,1-3H3,(H,17,18)(H2,15,16,19)/t10?,11-,12+/m1/s1. The first-order chi connectivity index (χ1) is 8.88. The van der Waals surface area contributed by atoms with Gasteiger partial charge < -0.3 is 15.7 Å². The summed E-state index contributed by atoms with van der Waals surface area (Å²) in [6.45, 7) is 6.32. The molecule has 5 nitrogen and oxygen atoms in total. The van der Waals surface area contributed by atoms with Crippen molar-refractivity contribution in [1.82, 2.24) is 10.6 Å². The van der Waals surface area contributed by atoms with Crippen LogP contribution in [0.2, 0.25) is 0 Å². The lowest BCUT2D eigenvalue weighted by Gasteiger charge is -2.18. The number of amides is 2. The van der Waals surface area contributed by atoms with Gasteiger partial charge in [0.2, 0.25) is 0 Å². The van der Waals surface area contributed by atoms with E-state index in [0.717, 1.165) is 19.3 Å². The van der Waals surface area contributed by atoms with Crippen LogP contribution in [0, 0.1) is 11.8 Å². The number of nitrogens with one attached hydrogen (secondary N) is 2. The van der Waals surface area contributed by atoms with Crippen LogP contribution in [0.3, 0.4) is 0 Å². The van der Waals surface area contributed by atoms with Gasteiger partial charge in [-0.05, 0) is 44.9 Å². The summed E-state index contributed by atoms with van der Waals surface area (Å²) >= 11 is 0. The molecule has 1 aliphatic carbocycles. The minimum Gasteiger partial charge on any atom is -0.481 e. The molecular weight excluding hydrogens is 244 g/mol. The molecule has 2 amide bonds. The van der Waals surface area contributed by atoms with Gasteiger partial charge in [0.25, 0.3) is 0 Å². The molecule has 1 rings (SSSR count). The highest BCUT2D eigenvalue weighted by molar-refractivity contribution is 5.75. The molecule has 3 atom stereocenters. The highest BCUT2D eigenvalue weighted by atomic mass is 16.4. The van der Waals surface area contributed by atoms with Crippen LogP contribution >= 0.6 is 0 Å². The quantitative estimate of drug-likeness (QED) is 0.693. The fraction of sp³-hybridized carbons (Fsp3) is 0.857. The van der Waals surface area contributed by atoms with Crippen LogP contribution in [0.1, 0.15) is 52.9 Å². The molecule has 0 saturated heterocycles. The smallest absolute Gasteiger partial charge is 0.315 e. The van der Waals surface area contributed by atoms with Crippen LogP contribution in [0.5, 0.6) is 0 Å². The second-order valence-electron chi connectivity index (χ2n) is 6.04. The highest BCUT2D eigenvalue weighted by Crippen LogP contribution is 2.25. The molecule has 0 radical (unpaired) electrons. The number of rotatable bonds is 6. The summed E-state index contributed by atoms with van der Waals surface area (Å²) in [6, 6.07) is -0.0234. The average Bonchev–Trinajstić information content (AvgIpc) is 2.74. The van der Waals surface area contributed by atoms with E-state index in [1.165, 1.54) is 0 Å². The van der Waals surface area contributed by atoms with E-state index in [1.807, 2.05) is 6.92 Å². The van der Waals surface area contributed by atoms with Gasteiger partial charge >= 0.3 is 12.0 Å². The van der Waals surface area contributed by atoms with E-state index in [0.29, 0.717) is 18.8 Å². The zero-order valence-corrected chi connectivity index (χ0v) is 12.1. The van der Waals surface area contributed by atoms with Gasteiger partial charge in [-0.2, -0.15) is 0 Å². The zero-order chi connectivity index (χ0) is 14.4. The Morgan fingerprint density at radius 3 is 2.42 bits per heavy atom. The molecule has 0 aromatic rings. The molecule has 0 aromatic heterocycles.